The first-order chi connectivity index (χ1) is 6.29. The lowest BCUT2D eigenvalue weighted by atomic mass is 10.1. The molecule has 13 heavy (non-hydrogen) atoms. The molecule has 2 N–H and O–H groups in total. The number of nitrogens with two attached hydrogens (primary N) is 1. The van der Waals surface area contributed by atoms with Gasteiger partial charge >= 0.3 is 0 Å². The molecule has 0 bridgehead atoms. The zero-order valence-electron chi connectivity index (χ0n) is 8.46. The lowest BCUT2D eigenvalue weighted by Gasteiger charge is -2.21. The van der Waals surface area contributed by atoms with Crippen molar-refractivity contribution in [2.75, 3.05) is 25.0 Å². The maximum absolute atomic E-state index is 5.52. The van der Waals surface area contributed by atoms with E-state index in [0.717, 1.165) is 13.0 Å². The number of rotatable bonds is 4. The summed E-state index contributed by atoms with van der Waals surface area (Å²) in [5.41, 5.74) is 8.21. The minimum absolute atomic E-state index is 0.703. The van der Waals surface area contributed by atoms with E-state index in [-0.39, 0.29) is 0 Å². The quantitative estimate of drug-likeness (QED) is 0.759. The van der Waals surface area contributed by atoms with E-state index >= 15 is 0 Å². The van der Waals surface area contributed by atoms with Crippen molar-refractivity contribution in [2.24, 2.45) is 5.73 Å². The van der Waals surface area contributed by atoms with E-state index in [1.807, 2.05) is 0 Å². The van der Waals surface area contributed by atoms with Crippen molar-refractivity contribution in [3.8, 4) is 0 Å². The fraction of sp³-hybridized carbons (Fsp3) is 0.455. The van der Waals surface area contributed by atoms with Crippen LogP contribution in [0, 0.1) is 0 Å². The highest BCUT2D eigenvalue weighted by molar-refractivity contribution is 5.52. The predicted octanol–water partition coefficient (Wildman–Crippen LogP) is 1.64. The molecule has 72 valence electrons. The molecule has 0 aliphatic rings. The van der Waals surface area contributed by atoms with Gasteiger partial charge in [-0.3, -0.25) is 0 Å². The van der Waals surface area contributed by atoms with E-state index in [9.17, 15) is 0 Å². The van der Waals surface area contributed by atoms with Crippen molar-refractivity contribution >= 4 is 5.69 Å². The van der Waals surface area contributed by atoms with Crippen LogP contribution in [-0.2, 0) is 6.42 Å². The van der Waals surface area contributed by atoms with Crippen LogP contribution in [0.3, 0.4) is 0 Å². The first kappa shape index (κ1) is 10.1. The molecule has 1 aromatic rings. The summed E-state index contributed by atoms with van der Waals surface area (Å²) in [6, 6.07) is 8.47. The number of para-hydroxylation sites is 1. The molecule has 0 aliphatic heterocycles. The number of nitrogens with zero attached hydrogens (tertiary/aromatic N) is 1. The van der Waals surface area contributed by atoms with E-state index in [1.54, 1.807) is 0 Å². The summed E-state index contributed by atoms with van der Waals surface area (Å²) in [6.45, 7) is 3.79. The molecular formula is C11H18N2. The summed E-state index contributed by atoms with van der Waals surface area (Å²) in [5, 5.41) is 0. The molecule has 0 unspecified atom stereocenters. The molecule has 0 radical (unpaired) electrons. The summed E-state index contributed by atoms with van der Waals surface area (Å²) in [4.78, 5) is 2.21. The van der Waals surface area contributed by atoms with Crippen LogP contribution in [0.4, 0.5) is 5.69 Å². The summed E-state index contributed by atoms with van der Waals surface area (Å²) >= 11 is 0. The highest BCUT2D eigenvalue weighted by atomic mass is 15.1. The first-order valence-electron chi connectivity index (χ1n) is 4.78. The van der Waals surface area contributed by atoms with Gasteiger partial charge in [-0.15, -0.1) is 0 Å². The van der Waals surface area contributed by atoms with Gasteiger partial charge in [0.2, 0.25) is 0 Å². The van der Waals surface area contributed by atoms with Crippen molar-refractivity contribution in [2.45, 2.75) is 13.3 Å². The Morgan fingerprint density at radius 1 is 1.31 bits per heavy atom. The molecule has 2 nitrogen and oxygen atoms in total. The third kappa shape index (κ3) is 2.46. The lowest BCUT2D eigenvalue weighted by Crippen LogP contribution is -2.25. The van der Waals surface area contributed by atoms with Gasteiger partial charge < -0.3 is 10.6 Å². The van der Waals surface area contributed by atoms with Crippen LogP contribution >= 0.6 is 0 Å². The second kappa shape index (κ2) is 4.87. The highest BCUT2D eigenvalue weighted by Gasteiger charge is 2.03. The van der Waals surface area contributed by atoms with Crippen LogP contribution in [0.2, 0.25) is 0 Å². The molecule has 0 aliphatic carbocycles. The fourth-order valence-corrected chi connectivity index (χ4v) is 1.50. The molecule has 0 heterocycles. The summed E-state index contributed by atoms with van der Waals surface area (Å²) in [5.74, 6) is 0. The van der Waals surface area contributed by atoms with Gasteiger partial charge in [-0.2, -0.15) is 0 Å². The van der Waals surface area contributed by atoms with Gasteiger partial charge in [-0.1, -0.05) is 25.1 Å². The molecule has 0 atom stereocenters. The molecule has 1 rings (SSSR count). The van der Waals surface area contributed by atoms with E-state index in [4.69, 9.17) is 5.73 Å². The minimum Gasteiger partial charge on any atom is -0.373 e. The van der Waals surface area contributed by atoms with Crippen LogP contribution in [0.25, 0.3) is 0 Å². The minimum atomic E-state index is 0.703. The Morgan fingerprint density at radius 2 is 2.00 bits per heavy atom. The highest BCUT2D eigenvalue weighted by Crippen LogP contribution is 2.18. The van der Waals surface area contributed by atoms with Crippen molar-refractivity contribution < 1.29 is 0 Å². The molecule has 0 amide bonds. The third-order valence-electron chi connectivity index (χ3n) is 2.25. The number of aryl methyl sites for hydroxylation is 1. The molecule has 2 heteroatoms. The molecular weight excluding hydrogens is 160 g/mol. The van der Waals surface area contributed by atoms with Crippen LogP contribution in [0.1, 0.15) is 12.5 Å². The summed E-state index contributed by atoms with van der Waals surface area (Å²) in [7, 11) is 2.08. The molecule has 1 aromatic carbocycles. The van der Waals surface area contributed by atoms with E-state index in [2.05, 4.69) is 43.1 Å². The second-order valence-electron chi connectivity index (χ2n) is 3.19. The Balaban J connectivity index is 2.85. The summed E-state index contributed by atoms with van der Waals surface area (Å²) in [6.07, 6.45) is 1.07. The van der Waals surface area contributed by atoms with Crippen molar-refractivity contribution in [3.05, 3.63) is 29.8 Å². The fourth-order valence-electron chi connectivity index (χ4n) is 1.50. The number of hydrogen-bond donors (Lipinski definition) is 1. The van der Waals surface area contributed by atoms with Gasteiger partial charge in [0, 0.05) is 25.8 Å². The maximum atomic E-state index is 5.52. The van der Waals surface area contributed by atoms with Gasteiger partial charge in [0.1, 0.15) is 0 Å². The predicted molar refractivity (Wildman–Crippen MR) is 58.1 cm³/mol. The molecule has 0 aromatic heterocycles. The number of likely N-dealkylation sites (N-methyl/N-ethyl adjacent to an activating group) is 1. The summed E-state index contributed by atoms with van der Waals surface area (Å²) < 4.78 is 0. The smallest absolute Gasteiger partial charge is 0.0396 e. The zero-order chi connectivity index (χ0) is 9.68. The molecule has 0 fully saturated rings. The van der Waals surface area contributed by atoms with Crippen molar-refractivity contribution in [1.29, 1.82) is 0 Å². The zero-order valence-corrected chi connectivity index (χ0v) is 8.46. The Morgan fingerprint density at radius 3 is 2.62 bits per heavy atom. The standard InChI is InChI=1S/C11H18N2/c1-3-10-6-4-5-7-11(10)13(2)9-8-12/h4-7H,3,8-9,12H2,1-2H3. The van der Waals surface area contributed by atoms with E-state index in [0.29, 0.717) is 6.54 Å². The number of benzene rings is 1. The monoisotopic (exact) mass is 178 g/mol. The van der Waals surface area contributed by atoms with Crippen LogP contribution in [-0.4, -0.2) is 20.1 Å². The normalized spacial score (nSPS) is 10.1. The molecule has 0 spiro atoms. The number of hydrogen-bond acceptors (Lipinski definition) is 2. The Kier molecular flexibility index (Phi) is 3.77. The van der Waals surface area contributed by atoms with Crippen molar-refractivity contribution in [1.82, 2.24) is 0 Å². The van der Waals surface area contributed by atoms with E-state index in [1.165, 1.54) is 11.3 Å². The van der Waals surface area contributed by atoms with Crippen LogP contribution < -0.4 is 10.6 Å². The average molecular weight is 178 g/mol. The largest absolute Gasteiger partial charge is 0.373 e. The van der Waals surface area contributed by atoms with Gasteiger partial charge in [0.15, 0.2) is 0 Å². The maximum Gasteiger partial charge on any atom is 0.0396 e. The second-order valence-corrected chi connectivity index (χ2v) is 3.19. The van der Waals surface area contributed by atoms with Crippen LogP contribution in [0.15, 0.2) is 24.3 Å². The van der Waals surface area contributed by atoms with Gasteiger partial charge in [0.25, 0.3) is 0 Å². The first-order valence-corrected chi connectivity index (χ1v) is 4.78. The molecule has 0 saturated heterocycles. The Hall–Kier alpha value is -1.02. The van der Waals surface area contributed by atoms with Gasteiger partial charge in [-0.25, -0.2) is 0 Å². The Labute approximate surface area is 80.4 Å². The Bertz CT molecular complexity index is 258. The van der Waals surface area contributed by atoms with Crippen molar-refractivity contribution in [3.63, 3.8) is 0 Å². The number of anilines is 1. The lowest BCUT2D eigenvalue weighted by molar-refractivity contribution is 0.877. The van der Waals surface area contributed by atoms with Crippen LogP contribution in [0.5, 0.6) is 0 Å². The molecule has 0 saturated carbocycles. The SMILES string of the molecule is CCc1ccccc1N(C)CCN. The third-order valence-corrected chi connectivity index (χ3v) is 2.25. The average Bonchev–Trinajstić information content (AvgIpc) is 2.18. The topological polar surface area (TPSA) is 29.3 Å². The van der Waals surface area contributed by atoms with E-state index < -0.39 is 0 Å². The van der Waals surface area contributed by atoms with Gasteiger partial charge in [-0.05, 0) is 18.1 Å². The van der Waals surface area contributed by atoms with Gasteiger partial charge in [0.05, 0.1) is 0 Å².